The molecule has 8 heteroatoms. The number of Topliss-reactive ketones (excluding diaryl/α,β-unsaturated/α-hetero) is 1. The van der Waals surface area contributed by atoms with E-state index in [1.165, 1.54) is 0 Å². The molecule has 1 amide bonds. The average Bonchev–Trinajstić information content (AvgIpc) is 3.38. The number of ketones is 1. The highest BCUT2D eigenvalue weighted by Gasteiger charge is 2.47. The van der Waals surface area contributed by atoms with Gasteiger partial charge in [0.15, 0.2) is 0 Å². The largest absolute Gasteiger partial charge is 0.507 e. The van der Waals surface area contributed by atoms with Crippen LogP contribution in [0.2, 0.25) is 0 Å². The minimum Gasteiger partial charge on any atom is -0.507 e. The van der Waals surface area contributed by atoms with Crippen LogP contribution in [0, 0.1) is 0 Å². The number of carbonyl (C=O) groups is 2. The summed E-state index contributed by atoms with van der Waals surface area (Å²) in [6.45, 7) is 5.93. The van der Waals surface area contributed by atoms with Gasteiger partial charge in [-0.2, -0.15) is 0 Å². The molecule has 35 heavy (non-hydrogen) atoms. The second-order valence-corrected chi connectivity index (χ2v) is 9.51. The lowest BCUT2D eigenvalue weighted by Crippen LogP contribution is -2.45. The number of morpholine rings is 1. The van der Waals surface area contributed by atoms with E-state index in [0.717, 1.165) is 36.4 Å². The summed E-state index contributed by atoms with van der Waals surface area (Å²) in [5.74, 6) is -0.579. The SMILES string of the molecule is CO[C@H]1C=CC=C([C@H]2C(=C(O)c3ccc4c(c3)C[C@@H](C)O4)C(=O)C(=O)N2CCN2CCOCC2)C1. The van der Waals surface area contributed by atoms with Crippen LogP contribution in [0.5, 0.6) is 5.75 Å². The Balaban J connectivity index is 1.51. The van der Waals surface area contributed by atoms with Gasteiger partial charge in [0.05, 0.1) is 30.9 Å². The van der Waals surface area contributed by atoms with Crippen LogP contribution in [0.3, 0.4) is 0 Å². The van der Waals surface area contributed by atoms with E-state index in [1.54, 1.807) is 18.1 Å². The number of nitrogens with zero attached hydrogens (tertiary/aromatic N) is 2. The topological polar surface area (TPSA) is 88.5 Å². The number of methoxy groups -OCH3 is 1. The van der Waals surface area contributed by atoms with Gasteiger partial charge < -0.3 is 24.2 Å². The van der Waals surface area contributed by atoms with Gasteiger partial charge in [0, 0.05) is 51.7 Å². The Hall–Kier alpha value is -2.94. The molecule has 0 aromatic heterocycles. The van der Waals surface area contributed by atoms with Crippen LogP contribution in [0.1, 0.15) is 24.5 Å². The number of amides is 1. The number of aliphatic hydroxyl groups excluding tert-OH is 1. The molecule has 3 atom stereocenters. The van der Waals surface area contributed by atoms with Crippen LogP contribution in [0.25, 0.3) is 5.76 Å². The number of rotatable bonds is 6. The molecule has 3 aliphatic heterocycles. The van der Waals surface area contributed by atoms with Gasteiger partial charge in [-0.15, -0.1) is 0 Å². The van der Waals surface area contributed by atoms with E-state index in [0.29, 0.717) is 38.3 Å². The molecule has 2 fully saturated rings. The number of carbonyl (C=O) groups excluding carboxylic acids is 2. The third kappa shape index (κ3) is 4.66. The summed E-state index contributed by atoms with van der Waals surface area (Å²) in [5.41, 5.74) is 2.52. The Morgan fingerprint density at radius 3 is 2.74 bits per heavy atom. The van der Waals surface area contributed by atoms with Gasteiger partial charge in [0.1, 0.15) is 17.6 Å². The van der Waals surface area contributed by atoms with Crippen molar-refractivity contribution in [2.24, 2.45) is 0 Å². The van der Waals surface area contributed by atoms with Crippen LogP contribution in [0.4, 0.5) is 0 Å². The molecule has 0 bridgehead atoms. The van der Waals surface area contributed by atoms with Crippen LogP contribution < -0.4 is 4.74 Å². The number of ether oxygens (including phenoxy) is 3. The van der Waals surface area contributed by atoms with Crippen molar-refractivity contribution in [3.05, 3.63) is 58.7 Å². The first-order valence-corrected chi connectivity index (χ1v) is 12.2. The predicted molar refractivity (Wildman–Crippen MR) is 130 cm³/mol. The van der Waals surface area contributed by atoms with Gasteiger partial charge in [-0.3, -0.25) is 14.5 Å². The van der Waals surface area contributed by atoms with Crippen LogP contribution in [-0.4, -0.2) is 91.3 Å². The number of benzene rings is 1. The number of hydrogen-bond acceptors (Lipinski definition) is 7. The summed E-state index contributed by atoms with van der Waals surface area (Å²) >= 11 is 0. The van der Waals surface area contributed by atoms with Gasteiger partial charge in [-0.25, -0.2) is 0 Å². The molecule has 4 aliphatic rings. The first-order chi connectivity index (χ1) is 17.0. The van der Waals surface area contributed by atoms with E-state index >= 15 is 0 Å². The number of allylic oxidation sites excluding steroid dienone is 2. The zero-order valence-electron chi connectivity index (χ0n) is 20.2. The van der Waals surface area contributed by atoms with Crippen LogP contribution >= 0.6 is 0 Å². The monoisotopic (exact) mass is 480 g/mol. The Labute approximate surface area is 205 Å². The maximum absolute atomic E-state index is 13.3. The summed E-state index contributed by atoms with van der Waals surface area (Å²) < 4.78 is 16.7. The Bertz CT molecular complexity index is 1100. The fourth-order valence-electron chi connectivity index (χ4n) is 5.33. The van der Waals surface area contributed by atoms with Gasteiger partial charge >= 0.3 is 0 Å². The van der Waals surface area contributed by atoms with Crippen molar-refractivity contribution >= 4 is 17.4 Å². The van der Waals surface area contributed by atoms with Crippen molar-refractivity contribution in [2.45, 2.75) is 38.0 Å². The fraction of sp³-hybridized carbons (Fsp3) is 0.481. The lowest BCUT2D eigenvalue weighted by molar-refractivity contribution is -0.139. The lowest BCUT2D eigenvalue weighted by atomic mass is 9.89. The minimum atomic E-state index is -0.649. The van der Waals surface area contributed by atoms with Gasteiger partial charge in [-0.05, 0) is 36.3 Å². The molecule has 1 N–H and O–H groups in total. The number of hydrogen-bond donors (Lipinski definition) is 1. The molecule has 0 saturated carbocycles. The van der Waals surface area contributed by atoms with E-state index < -0.39 is 17.7 Å². The van der Waals surface area contributed by atoms with Gasteiger partial charge in [0.25, 0.3) is 11.7 Å². The van der Waals surface area contributed by atoms with E-state index in [-0.39, 0.29) is 23.5 Å². The predicted octanol–water partition coefficient (Wildman–Crippen LogP) is 2.29. The highest BCUT2D eigenvalue weighted by Crippen LogP contribution is 2.37. The molecule has 1 aromatic carbocycles. The summed E-state index contributed by atoms with van der Waals surface area (Å²) in [6.07, 6.45) is 6.97. The molecule has 5 rings (SSSR count). The summed E-state index contributed by atoms with van der Waals surface area (Å²) in [7, 11) is 1.64. The second-order valence-electron chi connectivity index (χ2n) is 9.51. The molecule has 0 unspecified atom stereocenters. The zero-order valence-corrected chi connectivity index (χ0v) is 20.2. The van der Waals surface area contributed by atoms with Gasteiger partial charge in [0.2, 0.25) is 0 Å². The Morgan fingerprint density at radius 2 is 1.97 bits per heavy atom. The molecular weight excluding hydrogens is 448 g/mol. The molecule has 0 radical (unpaired) electrons. The fourth-order valence-corrected chi connectivity index (χ4v) is 5.33. The molecular formula is C27H32N2O6. The summed E-state index contributed by atoms with van der Waals surface area (Å²) in [6, 6.07) is 4.79. The highest BCUT2D eigenvalue weighted by atomic mass is 16.5. The van der Waals surface area contributed by atoms with Crippen molar-refractivity contribution in [3.63, 3.8) is 0 Å². The Morgan fingerprint density at radius 1 is 1.17 bits per heavy atom. The van der Waals surface area contributed by atoms with Crippen LogP contribution in [-0.2, 0) is 25.5 Å². The van der Waals surface area contributed by atoms with Crippen LogP contribution in [0.15, 0.2) is 47.6 Å². The van der Waals surface area contributed by atoms with Gasteiger partial charge in [-0.1, -0.05) is 18.2 Å². The number of likely N-dealkylation sites (tertiary alicyclic amines) is 1. The molecule has 2 saturated heterocycles. The molecule has 8 nitrogen and oxygen atoms in total. The number of fused-ring (bicyclic) bond motifs is 1. The lowest BCUT2D eigenvalue weighted by Gasteiger charge is -2.32. The van der Waals surface area contributed by atoms with Crippen molar-refractivity contribution < 1.29 is 28.9 Å². The maximum atomic E-state index is 13.3. The summed E-state index contributed by atoms with van der Waals surface area (Å²) in [4.78, 5) is 30.4. The quantitative estimate of drug-likeness (QED) is 0.380. The van der Waals surface area contributed by atoms with E-state index in [1.807, 2.05) is 37.3 Å². The third-order valence-electron chi connectivity index (χ3n) is 7.20. The second kappa shape index (κ2) is 9.97. The molecule has 1 aliphatic carbocycles. The first-order valence-electron chi connectivity index (χ1n) is 12.2. The van der Waals surface area contributed by atoms with E-state index in [2.05, 4.69) is 4.90 Å². The molecule has 186 valence electrons. The highest BCUT2D eigenvalue weighted by molar-refractivity contribution is 6.47. The number of aliphatic hydroxyl groups is 1. The van der Waals surface area contributed by atoms with E-state index in [4.69, 9.17) is 14.2 Å². The van der Waals surface area contributed by atoms with Crippen molar-refractivity contribution in [1.82, 2.24) is 9.80 Å². The maximum Gasteiger partial charge on any atom is 0.295 e. The third-order valence-corrected chi connectivity index (χ3v) is 7.20. The van der Waals surface area contributed by atoms with E-state index in [9.17, 15) is 14.7 Å². The minimum absolute atomic E-state index is 0.0679. The Kier molecular flexibility index (Phi) is 6.77. The smallest absolute Gasteiger partial charge is 0.295 e. The molecule has 0 spiro atoms. The van der Waals surface area contributed by atoms with Crippen molar-refractivity contribution in [2.75, 3.05) is 46.5 Å². The molecule has 3 heterocycles. The standard InChI is InChI=1S/C27H32N2O6/c1-17-14-20-15-19(6-7-22(20)35-17)25(30)23-24(18-4-3-5-21(16-18)33-2)29(27(32)26(23)31)9-8-28-10-12-34-13-11-28/h3-7,15,17,21,24,30H,8-14,16H2,1-2H3/t17-,21+,24+/m1/s1. The van der Waals surface area contributed by atoms with Crippen molar-refractivity contribution in [1.29, 1.82) is 0 Å². The average molecular weight is 481 g/mol. The molecule has 1 aromatic rings. The first kappa shape index (κ1) is 23.8. The normalized spacial score (nSPS) is 28.2. The van der Waals surface area contributed by atoms with Crippen molar-refractivity contribution in [3.8, 4) is 5.75 Å². The zero-order chi connectivity index (χ0) is 24.5. The summed E-state index contributed by atoms with van der Waals surface area (Å²) in [5, 5.41) is 11.4.